The number of carbonyl (C=O) groups is 2. The molecule has 1 saturated carbocycles. The van der Waals surface area contributed by atoms with Crippen LogP contribution in [-0.4, -0.2) is 54.0 Å². The van der Waals surface area contributed by atoms with E-state index in [1.165, 1.54) is 12.8 Å². The van der Waals surface area contributed by atoms with E-state index in [4.69, 9.17) is 0 Å². The van der Waals surface area contributed by atoms with Crippen LogP contribution >= 0.6 is 11.8 Å². The van der Waals surface area contributed by atoms with E-state index in [1.54, 1.807) is 11.8 Å². The molecule has 2 saturated heterocycles. The summed E-state index contributed by atoms with van der Waals surface area (Å²) in [6, 6.07) is -0.255. The van der Waals surface area contributed by atoms with Crippen LogP contribution in [0.5, 0.6) is 0 Å². The average molecular weight is 325 g/mol. The molecule has 0 aromatic heterocycles. The molecule has 0 radical (unpaired) electrons. The molecule has 2 amide bonds. The lowest BCUT2D eigenvalue weighted by atomic mass is 9.99. The molecule has 3 rings (SSSR count). The Labute approximate surface area is 137 Å². The van der Waals surface area contributed by atoms with Crippen molar-refractivity contribution >= 4 is 23.6 Å². The Hall–Kier alpha value is -0.750. The van der Waals surface area contributed by atoms with E-state index in [0.717, 1.165) is 51.1 Å². The number of hydrogen-bond donors (Lipinski definition) is 2. The van der Waals surface area contributed by atoms with Crippen molar-refractivity contribution in [3.8, 4) is 0 Å². The van der Waals surface area contributed by atoms with Crippen molar-refractivity contribution in [3.05, 3.63) is 0 Å². The molecule has 3 aliphatic rings. The van der Waals surface area contributed by atoms with Gasteiger partial charge in [-0.15, -0.1) is 11.8 Å². The van der Waals surface area contributed by atoms with Crippen LogP contribution in [0.1, 0.15) is 38.5 Å². The van der Waals surface area contributed by atoms with E-state index in [9.17, 15) is 9.59 Å². The molecule has 124 valence electrons. The fraction of sp³-hybridized carbons (Fsp3) is 0.875. The monoisotopic (exact) mass is 325 g/mol. The Morgan fingerprint density at radius 3 is 2.73 bits per heavy atom. The number of piperidine rings is 1. The van der Waals surface area contributed by atoms with Gasteiger partial charge in [-0.25, -0.2) is 0 Å². The van der Waals surface area contributed by atoms with Crippen molar-refractivity contribution in [2.24, 2.45) is 11.8 Å². The van der Waals surface area contributed by atoms with E-state index in [0.29, 0.717) is 11.8 Å². The number of thioether (sulfide) groups is 1. The highest BCUT2D eigenvalue weighted by Crippen LogP contribution is 2.30. The lowest BCUT2D eigenvalue weighted by molar-refractivity contribution is -0.141. The second-order valence-electron chi connectivity index (χ2n) is 6.76. The number of nitrogens with one attached hydrogen (secondary N) is 2. The summed E-state index contributed by atoms with van der Waals surface area (Å²) < 4.78 is 0. The first-order valence-electron chi connectivity index (χ1n) is 8.62. The lowest BCUT2D eigenvalue weighted by Crippen LogP contribution is -2.50. The van der Waals surface area contributed by atoms with Gasteiger partial charge in [0.25, 0.3) is 0 Å². The van der Waals surface area contributed by atoms with E-state index < -0.39 is 0 Å². The maximum absolute atomic E-state index is 12.6. The molecule has 5 nitrogen and oxygen atoms in total. The standard InChI is InChI=1S/C16H27N3O2S/c20-15(18-9-12-4-3-7-17-8-12)14-10-22-11-19(14)16(21)13-5-1-2-6-13/h12-14,17H,1-11H2,(H,18,20). The summed E-state index contributed by atoms with van der Waals surface area (Å²) in [5, 5.41) is 6.46. The molecule has 0 aromatic rings. The number of hydrogen-bond acceptors (Lipinski definition) is 4. The lowest BCUT2D eigenvalue weighted by Gasteiger charge is -2.27. The van der Waals surface area contributed by atoms with E-state index in [2.05, 4.69) is 10.6 Å². The third-order valence-corrected chi connectivity index (χ3v) is 6.15. The van der Waals surface area contributed by atoms with Crippen LogP contribution < -0.4 is 10.6 Å². The number of nitrogens with zero attached hydrogens (tertiary/aromatic N) is 1. The molecule has 1 aliphatic carbocycles. The highest BCUT2D eigenvalue weighted by atomic mass is 32.2. The van der Waals surface area contributed by atoms with Crippen LogP contribution in [-0.2, 0) is 9.59 Å². The zero-order valence-corrected chi connectivity index (χ0v) is 14.0. The second kappa shape index (κ2) is 7.68. The van der Waals surface area contributed by atoms with Crippen molar-refractivity contribution in [1.29, 1.82) is 0 Å². The molecule has 2 N–H and O–H groups in total. The smallest absolute Gasteiger partial charge is 0.243 e. The fourth-order valence-electron chi connectivity index (χ4n) is 3.75. The van der Waals surface area contributed by atoms with Crippen molar-refractivity contribution in [2.45, 2.75) is 44.6 Å². The molecule has 22 heavy (non-hydrogen) atoms. The molecule has 2 heterocycles. The Bertz CT molecular complexity index is 406. The highest BCUT2D eigenvalue weighted by Gasteiger charge is 2.38. The number of amides is 2. The summed E-state index contributed by atoms with van der Waals surface area (Å²) in [5.41, 5.74) is 0. The predicted molar refractivity (Wildman–Crippen MR) is 88.5 cm³/mol. The molecule has 2 unspecified atom stereocenters. The van der Waals surface area contributed by atoms with Gasteiger partial charge in [0.05, 0.1) is 5.88 Å². The maximum Gasteiger partial charge on any atom is 0.243 e. The Morgan fingerprint density at radius 1 is 1.18 bits per heavy atom. The Kier molecular flexibility index (Phi) is 5.63. The second-order valence-corrected chi connectivity index (χ2v) is 7.76. The van der Waals surface area contributed by atoms with Crippen LogP contribution in [0.15, 0.2) is 0 Å². The van der Waals surface area contributed by atoms with Crippen LogP contribution in [0, 0.1) is 11.8 Å². The number of rotatable bonds is 4. The van der Waals surface area contributed by atoms with Gasteiger partial charge in [0.15, 0.2) is 0 Å². The summed E-state index contributed by atoms with van der Waals surface area (Å²) in [6.07, 6.45) is 6.68. The third-order valence-electron chi connectivity index (χ3n) is 5.14. The third kappa shape index (κ3) is 3.77. The van der Waals surface area contributed by atoms with Gasteiger partial charge < -0.3 is 15.5 Å². The molecule has 0 spiro atoms. The Morgan fingerprint density at radius 2 is 2.00 bits per heavy atom. The van der Waals surface area contributed by atoms with Crippen LogP contribution in [0.2, 0.25) is 0 Å². The van der Waals surface area contributed by atoms with Gasteiger partial charge in [-0.1, -0.05) is 12.8 Å². The SMILES string of the molecule is O=C(NCC1CCCNC1)C1CSCN1C(=O)C1CCCC1. The van der Waals surface area contributed by atoms with E-state index in [-0.39, 0.29) is 23.8 Å². The van der Waals surface area contributed by atoms with Crippen molar-refractivity contribution in [1.82, 2.24) is 15.5 Å². The van der Waals surface area contributed by atoms with Crippen LogP contribution in [0.4, 0.5) is 0 Å². The van der Waals surface area contributed by atoms with Gasteiger partial charge in [0.1, 0.15) is 6.04 Å². The van der Waals surface area contributed by atoms with E-state index >= 15 is 0 Å². The minimum atomic E-state index is -0.255. The summed E-state index contributed by atoms with van der Waals surface area (Å²) in [6.45, 7) is 2.82. The van der Waals surface area contributed by atoms with Crippen molar-refractivity contribution in [3.63, 3.8) is 0 Å². The van der Waals surface area contributed by atoms with Gasteiger partial charge >= 0.3 is 0 Å². The van der Waals surface area contributed by atoms with Gasteiger partial charge in [-0.3, -0.25) is 9.59 Å². The molecule has 3 fully saturated rings. The van der Waals surface area contributed by atoms with E-state index in [1.807, 2.05) is 4.90 Å². The first kappa shape index (κ1) is 16.1. The quantitative estimate of drug-likeness (QED) is 0.815. The molecule has 0 aromatic carbocycles. The van der Waals surface area contributed by atoms with Crippen LogP contribution in [0.3, 0.4) is 0 Å². The fourth-order valence-corrected chi connectivity index (χ4v) is 4.91. The zero-order chi connectivity index (χ0) is 15.4. The summed E-state index contributed by atoms with van der Waals surface area (Å²) in [5.74, 6) is 2.37. The van der Waals surface area contributed by atoms with Gasteiger partial charge in [-0.2, -0.15) is 0 Å². The normalized spacial score (nSPS) is 29.7. The minimum Gasteiger partial charge on any atom is -0.354 e. The molecule has 0 bridgehead atoms. The van der Waals surface area contributed by atoms with Gasteiger partial charge in [0.2, 0.25) is 11.8 Å². The molecule has 6 heteroatoms. The maximum atomic E-state index is 12.6. The average Bonchev–Trinajstić information content (AvgIpc) is 3.24. The largest absolute Gasteiger partial charge is 0.354 e. The molecule has 2 aliphatic heterocycles. The molecular formula is C16H27N3O2S. The van der Waals surface area contributed by atoms with Crippen LogP contribution in [0.25, 0.3) is 0 Å². The Balaban J connectivity index is 1.50. The highest BCUT2D eigenvalue weighted by molar-refractivity contribution is 7.99. The molecule has 2 atom stereocenters. The van der Waals surface area contributed by atoms with Gasteiger partial charge in [0, 0.05) is 18.2 Å². The van der Waals surface area contributed by atoms with Gasteiger partial charge in [-0.05, 0) is 44.7 Å². The summed E-state index contributed by atoms with van der Waals surface area (Å²) in [4.78, 5) is 26.9. The summed E-state index contributed by atoms with van der Waals surface area (Å²) >= 11 is 1.70. The van der Waals surface area contributed by atoms with Crippen molar-refractivity contribution < 1.29 is 9.59 Å². The number of carbonyl (C=O) groups excluding carboxylic acids is 2. The summed E-state index contributed by atoms with van der Waals surface area (Å²) in [7, 11) is 0. The molecular weight excluding hydrogens is 298 g/mol. The first-order chi connectivity index (χ1) is 10.8. The topological polar surface area (TPSA) is 61.4 Å². The van der Waals surface area contributed by atoms with Crippen molar-refractivity contribution in [2.75, 3.05) is 31.3 Å². The predicted octanol–water partition coefficient (Wildman–Crippen LogP) is 1.19. The minimum absolute atomic E-state index is 0.0434. The zero-order valence-electron chi connectivity index (χ0n) is 13.2. The first-order valence-corrected chi connectivity index (χ1v) is 9.78.